The number of hydrogen-bond acceptors (Lipinski definition) is 2. The molecular formula is C8H17O2P. The van der Waals surface area contributed by atoms with Crippen LogP contribution in [0.3, 0.4) is 0 Å². The quantitative estimate of drug-likeness (QED) is 0.417. The smallest absolute Gasteiger partial charge is 0.294 e. The van der Waals surface area contributed by atoms with Crippen molar-refractivity contribution in [2.24, 2.45) is 0 Å². The van der Waals surface area contributed by atoms with E-state index in [4.69, 9.17) is 0 Å². The normalized spacial score (nSPS) is 10.6. The van der Waals surface area contributed by atoms with Crippen molar-refractivity contribution in [3.8, 4) is 0 Å². The predicted molar refractivity (Wildman–Crippen MR) is 46.9 cm³/mol. The van der Waals surface area contributed by atoms with Gasteiger partial charge in [0.05, 0.1) is 6.61 Å². The Hall–Kier alpha value is 0.0600. The maximum absolute atomic E-state index is 9.82. The summed E-state index contributed by atoms with van der Waals surface area (Å²) in [4.78, 5) is 0. The molecule has 66 valence electrons. The van der Waals surface area contributed by atoms with E-state index in [1.807, 2.05) is 0 Å². The van der Waals surface area contributed by atoms with E-state index in [9.17, 15) is 4.57 Å². The summed E-state index contributed by atoms with van der Waals surface area (Å²) in [5.74, 6) is 0. The average molecular weight is 176 g/mol. The van der Waals surface area contributed by atoms with Crippen LogP contribution >= 0.6 is 8.69 Å². The van der Waals surface area contributed by atoms with Crippen molar-refractivity contribution in [3.05, 3.63) is 0 Å². The van der Waals surface area contributed by atoms with Crippen molar-refractivity contribution in [2.75, 3.05) is 6.61 Å². The first-order chi connectivity index (χ1) is 5.41. The zero-order chi connectivity index (χ0) is 8.36. The second-order valence-corrected chi connectivity index (χ2v) is 3.08. The first-order valence-electron chi connectivity index (χ1n) is 4.36. The van der Waals surface area contributed by atoms with E-state index in [-0.39, 0.29) is 8.69 Å². The summed E-state index contributed by atoms with van der Waals surface area (Å²) in [5.41, 5.74) is 0. The van der Waals surface area contributed by atoms with E-state index in [2.05, 4.69) is 11.4 Å². The van der Waals surface area contributed by atoms with Crippen LogP contribution in [0.1, 0.15) is 45.4 Å². The number of unbranched alkanes of at least 4 members (excludes halogenated alkanes) is 5. The van der Waals surface area contributed by atoms with Crippen molar-refractivity contribution >= 4 is 8.69 Å². The summed E-state index contributed by atoms with van der Waals surface area (Å²) in [6.07, 6.45) is 7.48. The molecule has 0 aromatic carbocycles. The molecule has 2 nitrogen and oxygen atoms in total. The highest BCUT2D eigenvalue weighted by atomic mass is 31.1. The zero-order valence-electron chi connectivity index (χ0n) is 7.21. The van der Waals surface area contributed by atoms with Gasteiger partial charge in [-0.2, -0.15) is 0 Å². The Bertz CT molecular complexity index is 86.2. The molecule has 0 saturated heterocycles. The Labute approximate surface area is 70.6 Å². The maximum atomic E-state index is 9.82. The van der Waals surface area contributed by atoms with Crippen molar-refractivity contribution in [1.82, 2.24) is 0 Å². The third-order valence-corrected chi connectivity index (χ3v) is 1.93. The molecule has 3 heteroatoms. The Balaban J connectivity index is 2.74. The predicted octanol–water partition coefficient (Wildman–Crippen LogP) is 3.57. The van der Waals surface area contributed by atoms with Crippen molar-refractivity contribution in [3.63, 3.8) is 0 Å². The Morgan fingerprint density at radius 3 is 2.36 bits per heavy atom. The third kappa shape index (κ3) is 10.1. The largest absolute Gasteiger partial charge is 0.327 e. The molecule has 0 aliphatic rings. The van der Waals surface area contributed by atoms with Gasteiger partial charge in [-0.25, -0.2) is 4.57 Å². The molecule has 0 aromatic heterocycles. The average Bonchev–Trinajstić information content (AvgIpc) is 2.03. The zero-order valence-corrected chi connectivity index (χ0v) is 8.11. The summed E-state index contributed by atoms with van der Waals surface area (Å²) in [6, 6.07) is 0. The van der Waals surface area contributed by atoms with Gasteiger partial charge in [-0.15, -0.1) is 0 Å². The van der Waals surface area contributed by atoms with E-state index in [0.29, 0.717) is 6.61 Å². The van der Waals surface area contributed by atoms with Gasteiger partial charge in [0.15, 0.2) is 0 Å². The van der Waals surface area contributed by atoms with Gasteiger partial charge in [0.2, 0.25) is 0 Å². The van der Waals surface area contributed by atoms with Crippen molar-refractivity contribution in [1.29, 1.82) is 0 Å². The molecule has 0 N–H and O–H groups in total. The van der Waals surface area contributed by atoms with Gasteiger partial charge < -0.3 is 0 Å². The lowest BCUT2D eigenvalue weighted by molar-refractivity contribution is 0.328. The Morgan fingerprint density at radius 1 is 1.09 bits per heavy atom. The molecule has 0 spiro atoms. The van der Waals surface area contributed by atoms with Gasteiger partial charge in [0.25, 0.3) is 0 Å². The molecule has 0 aromatic rings. The number of rotatable bonds is 8. The van der Waals surface area contributed by atoms with Crippen LogP contribution in [0.2, 0.25) is 0 Å². The summed E-state index contributed by atoms with van der Waals surface area (Å²) >= 11 is 0. The van der Waals surface area contributed by atoms with E-state index in [1.165, 1.54) is 32.1 Å². The second-order valence-electron chi connectivity index (χ2n) is 2.68. The molecule has 0 aliphatic heterocycles. The molecular weight excluding hydrogens is 159 g/mol. The fourth-order valence-corrected chi connectivity index (χ4v) is 1.19. The summed E-state index contributed by atoms with van der Waals surface area (Å²) in [6.45, 7) is 2.84. The lowest BCUT2D eigenvalue weighted by Crippen LogP contribution is -1.84. The van der Waals surface area contributed by atoms with E-state index in [1.54, 1.807) is 0 Å². The SMILES string of the molecule is CCCCCCCCOP=O. The van der Waals surface area contributed by atoms with Gasteiger partial charge in [-0.05, 0) is 6.42 Å². The molecule has 0 fully saturated rings. The maximum Gasteiger partial charge on any atom is 0.327 e. The Kier molecular flexibility index (Phi) is 10.1. The van der Waals surface area contributed by atoms with Crippen LogP contribution in [-0.2, 0) is 9.09 Å². The van der Waals surface area contributed by atoms with Crippen LogP contribution in [0, 0.1) is 0 Å². The topological polar surface area (TPSA) is 26.3 Å². The van der Waals surface area contributed by atoms with Crippen LogP contribution in [0.25, 0.3) is 0 Å². The molecule has 0 heterocycles. The van der Waals surface area contributed by atoms with Gasteiger partial charge in [0.1, 0.15) is 0 Å². The molecule has 0 radical (unpaired) electrons. The van der Waals surface area contributed by atoms with Gasteiger partial charge >= 0.3 is 8.69 Å². The third-order valence-electron chi connectivity index (χ3n) is 1.64. The highest BCUT2D eigenvalue weighted by Crippen LogP contribution is 2.06. The minimum atomic E-state index is -0.180. The van der Waals surface area contributed by atoms with E-state index < -0.39 is 0 Å². The van der Waals surface area contributed by atoms with Gasteiger partial charge in [-0.1, -0.05) is 39.0 Å². The molecule has 0 unspecified atom stereocenters. The van der Waals surface area contributed by atoms with Crippen molar-refractivity contribution in [2.45, 2.75) is 45.4 Å². The molecule has 0 aliphatic carbocycles. The summed E-state index contributed by atoms with van der Waals surface area (Å²) < 4.78 is 14.5. The first-order valence-corrected chi connectivity index (χ1v) is 5.09. The highest BCUT2D eigenvalue weighted by Gasteiger charge is 1.89. The fourth-order valence-electron chi connectivity index (χ4n) is 0.984. The highest BCUT2D eigenvalue weighted by molar-refractivity contribution is 7.17. The van der Waals surface area contributed by atoms with Crippen molar-refractivity contribution < 1.29 is 9.09 Å². The molecule has 11 heavy (non-hydrogen) atoms. The van der Waals surface area contributed by atoms with Crippen LogP contribution < -0.4 is 0 Å². The minimum Gasteiger partial charge on any atom is -0.294 e. The minimum absolute atomic E-state index is 0.180. The molecule has 0 rings (SSSR count). The van der Waals surface area contributed by atoms with Crippen LogP contribution in [-0.4, -0.2) is 6.61 Å². The monoisotopic (exact) mass is 176 g/mol. The molecule has 0 saturated carbocycles. The van der Waals surface area contributed by atoms with Crippen LogP contribution in [0.5, 0.6) is 0 Å². The van der Waals surface area contributed by atoms with E-state index in [0.717, 1.165) is 6.42 Å². The number of hydrogen-bond donors (Lipinski definition) is 0. The van der Waals surface area contributed by atoms with E-state index >= 15 is 0 Å². The van der Waals surface area contributed by atoms with Crippen LogP contribution in [0.4, 0.5) is 0 Å². The molecule has 0 amide bonds. The van der Waals surface area contributed by atoms with Crippen LogP contribution in [0.15, 0.2) is 0 Å². The lowest BCUT2D eigenvalue weighted by atomic mass is 10.1. The Morgan fingerprint density at radius 2 is 1.73 bits per heavy atom. The van der Waals surface area contributed by atoms with Gasteiger partial charge in [-0.3, -0.25) is 4.52 Å². The standard InChI is InChI=1S/C8H17O2P/c1-2-3-4-5-6-7-8-10-11-9/h2-8H2,1H3. The lowest BCUT2D eigenvalue weighted by Gasteiger charge is -1.97. The summed E-state index contributed by atoms with van der Waals surface area (Å²) in [5, 5.41) is 0. The fraction of sp³-hybridized carbons (Fsp3) is 1.00. The molecule has 0 atom stereocenters. The van der Waals surface area contributed by atoms with Gasteiger partial charge in [0, 0.05) is 0 Å². The first kappa shape index (κ1) is 11.1. The second kappa shape index (κ2) is 10.1. The summed E-state index contributed by atoms with van der Waals surface area (Å²) in [7, 11) is -0.180. The molecule has 0 bridgehead atoms.